The van der Waals surface area contributed by atoms with Crippen molar-refractivity contribution in [1.82, 2.24) is 20.5 Å². The molecule has 1 unspecified atom stereocenters. The topological polar surface area (TPSA) is 79.9 Å². The number of H-pyrrole nitrogens is 1. The highest BCUT2D eigenvalue weighted by molar-refractivity contribution is 5.81. The van der Waals surface area contributed by atoms with Crippen LogP contribution in [0.3, 0.4) is 0 Å². The summed E-state index contributed by atoms with van der Waals surface area (Å²) in [5, 5.41) is 10.2. The number of amides is 1. The number of ether oxygens (including phenoxy) is 1. The summed E-state index contributed by atoms with van der Waals surface area (Å²) in [7, 11) is 1.65. The van der Waals surface area contributed by atoms with Gasteiger partial charge in [0, 0.05) is 11.8 Å². The minimum Gasteiger partial charge on any atom is -0.497 e. The molecule has 144 valence electrons. The third kappa shape index (κ3) is 3.76. The number of methoxy groups -OCH3 is 1. The molecule has 0 radical (unpaired) electrons. The van der Waals surface area contributed by atoms with Gasteiger partial charge in [-0.1, -0.05) is 48.9 Å². The number of aromatic amines is 1. The first-order valence-electron chi connectivity index (χ1n) is 9.61. The van der Waals surface area contributed by atoms with E-state index < -0.39 is 0 Å². The molecule has 1 aliphatic carbocycles. The maximum absolute atomic E-state index is 13.3. The summed E-state index contributed by atoms with van der Waals surface area (Å²) in [6.45, 7) is 0. The Bertz CT molecular complexity index is 911. The van der Waals surface area contributed by atoms with Gasteiger partial charge in [-0.25, -0.2) is 4.98 Å². The minimum absolute atomic E-state index is 0.0515. The number of hydrogen-bond donors (Lipinski definition) is 2. The molecule has 0 aliphatic heterocycles. The molecule has 6 heteroatoms. The van der Waals surface area contributed by atoms with Crippen molar-refractivity contribution in [2.45, 2.75) is 31.2 Å². The molecule has 2 N–H and O–H groups in total. The quantitative estimate of drug-likeness (QED) is 0.689. The van der Waals surface area contributed by atoms with Crippen molar-refractivity contribution in [2.75, 3.05) is 7.11 Å². The van der Waals surface area contributed by atoms with Gasteiger partial charge in [0.25, 0.3) is 0 Å². The van der Waals surface area contributed by atoms with Crippen LogP contribution in [0.5, 0.6) is 5.75 Å². The Kier molecular flexibility index (Phi) is 5.37. The van der Waals surface area contributed by atoms with Crippen LogP contribution in [0.1, 0.15) is 48.2 Å². The van der Waals surface area contributed by atoms with E-state index in [2.05, 4.69) is 20.5 Å². The lowest BCUT2D eigenvalue weighted by atomic mass is 9.92. The van der Waals surface area contributed by atoms with E-state index in [-0.39, 0.29) is 23.8 Å². The zero-order valence-electron chi connectivity index (χ0n) is 15.8. The molecule has 0 saturated heterocycles. The van der Waals surface area contributed by atoms with Crippen molar-refractivity contribution < 1.29 is 9.53 Å². The fourth-order valence-electron chi connectivity index (χ4n) is 4.07. The van der Waals surface area contributed by atoms with Gasteiger partial charge in [0.1, 0.15) is 17.9 Å². The van der Waals surface area contributed by atoms with E-state index in [1.807, 2.05) is 54.6 Å². The average Bonchev–Trinajstić information content (AvgIpc) is 3.44. The van der Waals surface area contributed by atoms with Gasteiger partial charge in [0.05, 0.1) is 13.2 Å². The Morgan fingerprint density at radius 2 is 1.96 bits per heavy atom. The minimum atomic E-state index is -0.236. The second-order valence-electron chi connectivity index (χ2n) is 7.14. The van der Waals surface area contributed by atoms with Crippen LogP contribution in [0.15, 0.2) is 60.9 Å². The highest BCUT2D eigenvalue weighted by atomic mass is 16.5. The van der Waals surface area contributed by atoms with Crippen LogP contribution in [0, 0.1) is 5.92 Å². The lowest BCUT2D eigenvalue weighted by Gasteiger charge is -2.24. The van der Waals surface area contributed by atoms with E-state index in [1.165, 1.54) is 6.33 Å². The van der Waals surface area contributed by atoms with Gasteiger partial charge in [0.15, 0.2) is 0 Å². The molecule has 1 amide bonds. The van der Waals surface area contributed by atoms with Crippen LogP contribution in [0.4, 0.5) is 0 Å². The Labute approximate surface area is 164 Å². The molecule has 1 fully saturated rings. The van der Waals surface area contributed by atoms with Crippen molar-refractivity contribution in [3.63, 3.8) is 0 Å². The lowest BCUT2D eigenvalue weighted by Crippen LogP contribution is -2.35. The van der Waals surface area contributed by atoms with E-state index in [0.29, 0.717) is 0 Å². The first-order chi connectivity index (χ1) is 13.8. The number of rotatable bonds is 6. The smallest absolute Gasteiger partial charge is 0.224 e. The van der Waals surface area contributed by atoms with Crippen molar-refractivity contribution in [2.24, 2.45) is 5.92 Å². The first kappa shape index (κ1) is 18.2. The van der Waals surface area contributed by atoms with Crippen molar-refractivity contribution in [3.05, 3.63) is 77.9 Å². The Morgan fingerprint density at radius 3 is 2.71 bits per heavy atom. The Morgan fingerprint density at radius 1 is 1.14 bits per heavy atom. The fourth-order valence-corrected chi connectivity index (χ4v) is 4.07. The average molecular weight is 376 g/mol. The van der Waals surface area contributed by atoms with E-state index in [9.17, 15) is 4.79 Å². The van der Waals surface area contributed by atoms with Crippen molar-refractivity contribution >= 4 is 5.91 Å². The molecule has 1 saturated carbocycles. The molecule has 1 aliphatic rings. The number of benzene rings is 2. The molecular formula is C22H24N4O2. The Balaban J connectivity index is 1.61. The van der Waals surface area contributed by atoms with Crippen LogP contribution in [-0.4, -0.2) is 28.2 Å². The van der Waals surface area contributed by atoms with E-state index in [1.54, 1.807) is 7.11 Å². The standard InChI is InChI=1S/C22H24N4O2/c1-28-17-10-5-9-16(13-17)20(15-7-3-2-4-8-15)25-22(27)19-12-6-11-18(19)21-23-14-24-26-21/h2-5,7-10,13-14,18-20H,6,11-12H2,1H3,(H,25,27)(H,23,24,26)/t18-,19+,20?/m0/s1. The number of carbonyl (C=O) groups is 1. The SMILES string of the molecule is COc1cccc(C(NC(=O)[C@@H]2CCC[C@@H]2c2ncn[nH]2)c2ccccc2)c1. The molecule has 1 heterocycles. The molecular weight excluding hydrogens is 352 g/mol. The molecule has 4 rings (SSSR count). The lowest BCUT2D eigenvalue weighted by molar-refractivity contribution is -0.125. The van der Waals surface area contributed by atoms with Crippen molar-refractivity contribution in [3.8, 4) is 5.75 Å². The number of hydrogen-bond acceptors (Lipinski definition) is 4. The van der Waals surface area contributed by atoms with Gasteiger partial charge >= 0.3 is 0 Å². The van der Waals surface area contributed by atoms with E-state index >= 15 is 0 Å². The number of aromatic nitrogens is 3. The van der Waals surface area contributed by atoms with Gasteiger partial charge in [0.2, 0.25) is 5.91 Å². The zero-order valence-corrected chi connectivity index (χ0v) is 15.8. The summed E-state index contributed by atoms with van der Waals surface area (Å²) < 4.78 is 5.38. The number of carbonyl (C=O) groups excluding carboxylic acids is 1. The maximum atomic E-state index is 13.3. The summed E-state index contributed by atoms with van der Waals surface area (Å²) in [5.41, 5.74) is 2.03. The summed E-state index contributed by atoms with van der Waals surface area (Å²) in [6.07, 6.45) is 4.32. The molecule has 3 aromatic rings. The van der Waals surface area contributed by atoms with Crippen molar-refractivity contribution in [1.29, 1.82) is 0 Å². The van der Waals surface area contributed by atoms with Gasteiger partial charge in [-0.2, -0.15) is 5.10 Å². The van der Waals surface area contributed by atoms with E-state index in [4.69, 9.17) is 4.74 Å². The molecule has 6 nitrogen and oxygen atoms in total. The molecule has 2 aromatic carbocycles. The van der Waals surface area contributed by atoms with Gasteiger partial charge in [-0.15, -0.1) is 0 Å². The maximum Gasteiger partial charge on any atom is 0.224 e. The largest absolute Gasteiger partial charge is 0.497 e. The van der Waals surface area contributed by atoms with Gasteiger partial charge in [-0.05, 0) is 36.1 Å². The number of nitrogens with one attached hydrogen (secondary N) is 2. The molecule has 0 spiro atoms. The second-order valence-corrected chi connectivity index (χ2v) is 7.14. The van der Waals surface area contributed by atoms with Crippen LogP contribution in [0.25, 0.3) is 0 Å². The highest BCUT2D eigenvalue weighted by Crippen LogP contribution is 2.38. The third-order valence-electron chi connectivity index (χ3n) is 5.48. The molecule has 3 atom stereocenters. The predicted molar refractivity (Wildman–Crippen MR) is 106 cm³/mol. The molecule has 0 bridgehead atoms. The van der Waals surface area contributed by atoms with Crippen LogP contribution in [0.2, 0.25) is 0 Å². The first-order valence-corrected chi connectivity index (χ1v) is 9.61. The Hall–Kier alpha value is -3.15. The van der Waals surface area contributed by atoms with Crippen LogP contribution < -0.4 is 10.1 Å². The number of nitrogens with zero attached hydrogens (tertiary/aromatic N) is 2. The predicted octanol–water partition coefficient (Wildman–Crippen LogP) is 3.60. The van der Waals surface area contributed by atoms with Crippen LogP contribution >= 0.6 is 0 Å². The molecule has 1 aromatic heterocycles. The normalized spacial score (nSPS) is 19.9. The summed E-state index contributed by atoms with van der Waals surface area (Å²) >= 11 is 0. The second kappa shape index (κ2) is 8.25. The summed E-state index contributed by atoms with van der Waals surface area (Å²) in [5.74, 6) is 1.60. The molecule has 28 heavy (non-hydrogen) atoms. The van der Waals surface area contributed by atoms with Gasteiger partial charge < -0.3 is 10.1 Å². The van der Waals surface area contributed by atoms with Gasteiger partial charge in [-0.3, -0.25) is 9.89 Å². The fraction of sp³-hybridized carbons (Fsp3) is 0.318. The third-order valence-corrected chi connectivity index (χ3v) is 5.48. The highest BCUT2D eigenvalue weighted by Gasteiger charge is 2.36. The monoisotopic (exact) mass is 376 g/mol. The van der Waals surface area contributed by atoms with E-state index in [0.717, 1.165) is 42.0 Å². The zero-order chi connectivity index (χ0) is 19.3. The summed E-state index contributed by atoms with van der Waals surface area (Å²) in [4.78, 5) is 17.5. The van der Waals surface area contributed by atoms with Crippen LogP contribution in [-0.2, 0) is 4.79 Å². The summed E-state index contributed by atoms with van der Waals surface area (Å²) in [6, 6.07) is 17.6.